The molecule has 0 N–H and O–H groups in total. The van der Waals surface area contributed by atoms with Crippen LogP contribution in [0, 0.1) is 5.92 Å². The molecule has 1 saturated heterocycles. The molecule has 1 aliphatic rings. The predicted octanol–water partition coefficient (Wildman–Crippen LogP) is 1.08. The van der Waals surface area contributed by atoms with Crippen molar-refractivity contribution < 1.29 is 19.1 Å². The number of likely N-dealkylation sites (tertiary alicyclic amines) is 1. The molecule has 1 amide bonds. The van der Waals surface area contributed by atoms with Gasteiger partial charge in [0, 0.05) is 25.3 Å². The van der Waals surface area contributed by atoms with Crippen LogP contribution in [0.5, 0.6) is 0 Å². The van der Waals surface area contributed by atoms with Crippen molar-refractivity contribution in [1.82, 2.24) is 4.90 Å². The van der Waals surface area contributed by atoms with E-state index in [1.165, 1.54) is 7.11 Å². The molecule has 0 radical (unpaired) electrons. The zero-order chi connectivity index (χ0) is 13.7. The molecule has 1 rings (SSSR count). The summed E-state index contributed by atoms with van der Waals surface area (Å²) in [6.45, 7) is 4.07. The van der Waals surface area contributed by atoms with Gasteiger partial charge in [-0.25, -0.2) is 4.79 Å². The van der Waals surface area contributed by atoms with E-state index in [0.717, 1.165) is 6.42 Å². The van der Waals surface area contributed by atoms with Gasteiger partial charge in [-0.2, -0.15) is 12.6 Å². The number of hydrogen-bond donors (Lipinski definition) is 1. The van der Waals surface area contributed by atoms with Crippen molar-refractivity contribution in [3.05, 3.63) is 0 Å². The number of carbonyl (C=O) groups excluding carboxylic acids is 2. The molecule has 1 fully saturated rings. The Balaban J connectivity index is 2.64. The highest BCUT2D eigenvalue weighted by Crippen LogP contribution is 2.21. The van der Waals surface area contributed by atoms with Gasteiger partial charge in [0.1, 0.15) is 6.04 Å². The number of hydrogen-bond acceptors (Lipinski definition) is 5. The van der Waals surface area contributed by atoms with Crippen molar-refractivity contribution in [3.8, 4) is 0 Å². The lowest BCUT2D eigenvalue weighted by atomic mass is 10.1. The van der Waals surface area contributed by atoms with E-state index in [4.69, 9.17) is 9.47 Å². The molecule has 3 unspecified atom stereocenters. The van der Waals surface area contributed by atoms with Crippen LogP contribution in [-0.2, 0) is 19.1 Å². The number of carbonyl (C=O) groups is 2. The van der Waals surface area contributed by atoms with Gasteiger partial charge >= 0.3 is 5.97 Å². The van der Waals surface area contributed by atoms with Crippen molar-refractivity contribution >= 4 is 24.5 Å². The number of ether oxygens (including phenoxy) is 2. The topological polar surface area (TPSA) is 55.8 Å². The smallest absolute Gasteiger partial charge is 0.331 e. The molecular weight excluding hydrogens is 254 g/mol. The number of methoxy groups -OCH3 is 1. The number of nitrogens with zero attached hydrogens (tertiary/aromatic N) is 1. The molecule has 0 spiro atoms. The fourth-order valence-electron chi connectivity index (χ4n) is 1.93. The minimum absolute atomic E-state index is 0.0329. The summed E-state index contributed by atoms with van der Waals surface area (Å²) in [5, 5.41) is 0. The quantitative estimate of drug-likeness (QED) is 0.463. The third-order valence-corrected chi connectivity index (χ3v) is 3.67. The van der Waals surface area contributed by atoms with Gasteiger partial charge in [0.25, 0.3) is 0 Å². The first-order valence-electron chi connectivity index (χ1n) is 6.15. The first-order valence-corrected chi connectivity index (χ1v) is 6.79. The largest absolute Gasteiger partial charge is 0.435 e. The highest BCUT2D eigenvalue weighted by Gasteiger charge is 2.37. The van der Waals surface area contributed by atoms with Crippen LogP contribution in [0.15, 0.2) is 0 Å². The fourth-order valence-corrected chi connectivity index (χ4v) is 2.08. The number of esters is 1. The van der Waals surface area contributed by atoms with Crippen molar-refractivity contribution in [2.45, 2.75) is 39.0 Å². The molecule has 1 aliphatic heterocycles. The number of rotatable bonds is 5. The Hall–Kier alpha value is -0.750. The molecule has 0 aliphatic carbocycles. The molecule has 0 aromatic carbocycles. The summed E-state index contributed by atoms with van der Waals surface area (Å²) >= 11 is 4.12. The minimum atomic E-state index is -0.586. The van der Waals surface area contributed by atoms with E-state index >= 15 is 0 Å². The SMILES string of the molecule is COC(C)OC(=O)C1CCCN1C(=O)C(C)CS. The van der Waals surface area contributed by atoms with Gasteiger partial charge in [-0.1, -0.05) is 6.92 Å². The molecule has 0 aromatic rings. The second-order valence-corrected chi connectivity index (χ2v) is 4.88. The van der Waals surface area contributed by atoms with E-state index in [1.807, 2.05) is 6.92 Å². The molecule has 6 heteroatoms. The molecule has 3 atom stereocenters. The number of thiol groups is 1. The van der Waals surface area contributed by atoms with Crippen molar-refractivity contribution in [2.24, 2.45) is 5.92 Å². The Morgan fingerprint density at radius 1 is 1.44 bits per heavy atom. The van der Waals surface area contributed by atoms with Gasteiger partial charge in [0.2, 0.25) is 5.91 Å². The van der Waals surface area contributed by atoms with Gasteiger partial charge in [0.05, 0.1) is 0 Å². The van der Waals surface area contributed by atoms with E-state index in [2.05, 4.69) is 12.6 Å². The summed E-state index contributed by atoms with van der Waals surface area (Å²) in [6, 6.07) is -0.475. The highest BCUT2D eigenvalue weighted by molar-refractivity contribution is 7.80. The van der Waals surface area contributed by atoms with Crippen LogP contribution in [0.2, 0.25) is 0 Å². The number of amides is 1. The summed E-state index contributed by atoms with van der Waals surface area (Å²) in [7, 11) is 1.47. The van der Waals surface area contributed by atoms with Gasteiger partial charge in [-0.05, 0) is 19.8 Å². The average Bonchev–Trinajstić information content (AvgIpc) is 2.85. The summed E-state index contributed by atoms with van der Waals surface area (Å²) in [5.41, 5.74) is 0. The highest BCUT2D eigenvalue weighted by atomic mass is 32.1. The van der Waals surface area contributed by atoms with Gasteiger partial charge in [-0.3, -0.25) is 4.79 Å². The molecular formula is C12H21NO4S. The Morgan fingerprint density at radius 2 is 2.11 bits per heavy atom. The third-order valence-electron chi connectivity index (χ3n) is 3.12. The Morgan fingerprint density at radius 3 is 2.67 bits per heavy atom. The summed E-state index contributed by atoms with van der Waals surface area (Å²) in [5.74, 6) is -0.122. The minimum Gasteiger partial charge on any atom is -0.435 e. The maximum atomic E-state index is 12.1. The van der Waals surface area contributed by atoms with Crippen molar-refractivity contribution in [2.75, 3.05) is 19.4 Å². The van der Waals surface area contributed by atoms with Gasteiger partial charge in [0.15, 0.2) is 6.29 Å². The second kappa shape index (κ2) is 6.99. The standard InChI is InChI=1S/C12H21NO4S/c1-8(7-18)11(14)13-6-4-5-10(13)12(15)17-9(2)16-3/h8-10,18H,4-7H2,1-3H3. The molecule has 0 aromatic heterocycles. The van der Waals surface area contributed by atoms with Gasteiger partial charge in [-0.15, -0.1) is 0 Å². The van der Waals surface area contributed by atoms with Crippen LogP contribution in [0.3, 0.4) is 0 Å². The lowest BCUT2D eigenvalue weighted by Crippen LogP contribution is -2.44. The normalized spacial score (nSPS) is 22.7. The molecule has 0 bridgehead atoms. The lowest BCUT2D eigenvalue weighted by molar-refractivity contribution is -0.176. The predicted molar refractivity (Wildman–Crippen MR) is 70.3 cm³/mol. The Kier molecular flexibility index (Phi) is 5.95. The Labute approximate surface area is 113 Å². The average molecular weight is 275 g/mol. The monoisotopic (exact) mass is 275 g/mol. The summed E-state index contributed by atoms with van der Waals surface area (Å²) in [6.07, 6.45) is 0.893. The zero-order valence-electron chi connectivity index (χ0n) is 11.1. The molecule has 5 nitrogen and oxygen atoms in total. The first-order chi connectivity index (χ1) is 8.51. The van der Waals surface area contributed by atoms with Crippen LogP contribution < -0.4 is 0 Å². The van der Waals surface area contributed by atoms with E-state index in [0.29, 0.717) is 18.7 Å². The maximum absolute atomic E-state index is 12.1. The summed E-state index contributed by atoms with van der Waals surface area (Å²) in [4.78, 5) is 25.6. The van der Waals surface area contributed by atoms with Crippen LogP contribution in [0.25, 0.3) is 0 Å². The molecule has 0 saturated carbocycles. The van der Waals surface area contributed by atoms with Crippen LogP contribution in [0.4, 0.5) is 0 Å². The maximum Gasteiger partial charge on any atom is 0.331 e. The third kappa shape index (κ3) is 3.62. The molecule has 18 heavy (non-hydrogen) atoms. The van der Waals surface area contributed by atoms with Gasteiger partial charge < -0.3 is 14.4 Å². The van der Waals surface area contributed by atoms with Crippen molar-refractivity contribution in [3.63, 3.8) is 0 Å². The second-order valence-electron chi connectivity index (χ2n) is 4.51. The first kappa shape index (κ1) is 15.3. The van der Waals surface area contributed by atoms with E-state index in [1.54, 1.807) is 11.8 Å². The summed E-state index contributed by atoms with van der Waals surface area (Å²) < 4.78 is 9.99. The van der Waals surface area contributed by atoms with E-state index in [9.17, 15) is 9.59 Å². The van der Waals surface area contributed by atoms with E-state index in [-0.39, 0.29) is 17.8 Å². The van der Waals surface area contributed by atoms with Crippen molar-refractivity contribution in [1.29, 1.82) is 0 Å². The van der Waals surface area contributed by atoms with Crippen LogP contribution >= 0.6 is 12.6 Å². The zero-order valence-corrected chi connectivity index (χ0v) is 12.0. The molecule has 104 valence electrons. The van der Waals surface area contributed by atoms with Crippen LogP contribution in [0.1, 0.15) is 26.7 Å². The van der Waals surface area contributed by atoms with Crippen LogP contribution in [-0.4, -0.2) is 48.5 Å². The molecule has 1 heterocycles. The fraction of sp³-hybridized carbons (Fsp3) is 0.833. The lowest BCUT2D eigenvalue weighted by Gasteiger charge is -2.26. The Bertz CT molecular complexity index is 310. The van der Waals surface area contributed by atoms with E-state index < -0.39 is 12.3 Å².